The zero-order valence-corrected chi connectivity index (χ0v) is 11.8. The van der Waals surface area contributed by atoms with Crippen LogP contribution in [0.3, 0.4) is 0 Å². The zero-order valence-electron chi connectivity index (χ0n) is 11.8. The van der Waals surface area contributed by atoms with Crippen molar-refractivity contribution in [3.63, 3.8) is 0 Å². The minimum absolute atomic E-state index is 0.0956. The molecule has 0 bridgehead atoms. The van der Waals surface area contributed by atoms with Crippen LogP contribution in [-0.4, -0.2) is 36.7 Å². The predicted molar refractivity (Wildman–Crippen MR) is 74.7 cm³/mol. The highest BCUT2D eigenvalue weighted by Crippen LogP contribution is 2.24. The van der Waals surface area contributed by atoms with Crippen LogP contribution >= 0.6 is 0 Å². The summed E-state index contributed by atoms with van der Waals surface area (Å²) in [5, 5.41) is 14.5. The van der Waals surface area contributed by atoms with Crippen molar-refractivity contribution in [1.29, 1.82) is 0 Å². The van der Waals surface area contributed by atoms with Crippen molar-refractivity contribution in [3.8, 4) is 5.75 Å². The molecule has 1 aromatic carbocycles. The standard InChI is InChI=1S/C14H20N2O4/c1-9(11-6-4-5-7-13(11)20-3)15-8-12(14(18)19)16-10(2)17/h4-7,9,12,15H,8H2,1-3H3,(H,16,17)(H,18,19)/t9-,12?/m1/s1. The lowest BCUT2D eigenvalue weighted by molar-refractivity contribution is -0.141. The summed E-state index contributed by atoms with van der Waals surface area (Å²) in [5.74, 6) is -0.706. The van der Waals surface area contributed by atoms with Crippen LogP contribution in [0.25, 0.3) is 0 Å². The highest BCUT2D eigenvalue weighted by Gasteiger charge is 2.20. The lowest BCUT2D eigenvalue weighted by atomic mass is 10.1. The van der Waals surface area contributed by atoms with E-state index in [0.717, 1.165) is 11.3 Å². The number of aliphatic carboxylic acids is 1. The first-order chi connectivity index (χ1) is 9.45. The van der Waals surface area contributed by atoms with Gasteiger partial charge in [-0.05, 0) is 13.0 Å². The van der Waals surface area contributed by atoms with E-state index in [-0.39, 0.29) is 18.5 Å². The molecule has 1 amide bonds. The van der Waals surface area contributed by atoms with E-state index in [9.17, 15) is 9.59 Å². The molecule has 0 fully saturated rings. The van der Waals surface area contributed by atoms with Gasteiger partial charge in [0.1, 0.15) is 11.8 Å². The number of rotatable bonds is 7. The fraction of sp³-hybridized carbons (Fsp3) is 0.429. The smallest absolute Gasteiger partial charge is 0.327 e. The molecule has 20 heavy (non-hydrogen) atoms. The largest absolute Gasteiger partial charge is 0.496 e. The van der Waals surface area contributed by atoms with Crippen LogP contribution in [0, 0.1) is 0 Å². The zero-order chi connectivity index (χ0) is 15.1. The SMILES string of the molecule is COc1ccccc1[C@@H](C)NCC(NC(C)=O)C(=O)O. The predicted octanol–water partition coefficient (Wildman–Crippen LogP) is 0.935. The second-order valence-electron chi connectivity index (χ2n) is 4.46. The van der Waals surface area contributed by atoms with E-state index in [1.807, 2.05) is 31.2 Å². The van der Waals surface area contributed by atoms with Crippen LogP contribution in [0.15, 0.2) is 24.3 Å². The third-order valence-corrected chi connectivity index (χ3v) is 2.91. The maximum Gasteiger partial charge on any atom is 0.327 e. The number of nitrogens with one attached hydrogen (secondary N) is 2. The molecule has 3 N–H and O–H groups in total. The van der Waals surface area contributed by atoms with E-state index in [4.69, 9.17) is 9.84 Å². The first kappa shape index (κ1) is 16.0. The third kappa shape index (κ3) is 4.55. The molecule has 0 spiro atoms. The van der Waals surface area contributed by atoms with E-state index in [1.165, 1.54) is 6.92 Å². The fourth-order valence-electron chi connectivity index (χ4n) is 1.87. The number of methoxy groups -OCH3 is 1. The molecule has 6 heteroatoms. The van der Waals surface area contributed by atoms with Gasteiger partial charge in [-0.2, -0.15) is 0 Å². The number of amides is 1. The van der Waals surface area contributed by atoms with Gasteiger partial charge in [-0.25, -0.2) is 4.79 Å². The monoisotopic (exact) mass is 280 g/mol. The molecule has 0 saturated heterocycles. The Labute approximate surface area is 118 Å². The molecule has 0 aliphatic heterocycles. The van der Waals surface area contributed by atoms with Crippen molar-refractivity contribution in [1.82, 2.24) is 10.6 Å². The van der Waals surface area contributed by atoms with Gasteiger partial charge in [-0.15, -0.1) is 0 Å². The number of ether oxygens (including phenoxy) is 1. The molecular formula is C14H20N2O4. The first-order valence-corrected chi connectivity index (χ1v) is 6.32. The second kappa shape index (κ2) is 7.49. The number of carbonyl (C=O) groups is 2. The molecular weight excluding hydrogens is 260 g/mol. The highest BCUT2D eigenvalue weighted by molar-refractivity contribution is 5.82. The maximum absolute atomic E-state index is 11.0. The van der Waals surface area contributed by atoms with Crippen LogP contribution < -0.4 is 15.4 Å². The van der Waals surface area contributed by atoms with Gasteiger partial charge in [0.2, 0.25) is 5.91 Å². The summed E-state index contributed by atoms with van der Waals surface area (Å²) in [6, 6.07) is 6.46. The number of carbonyl (C=O) groups excluding carboxylic acids is 1. The van der Waals surface area contributed by atoms with Crippen molar-refractivity contribution in [2.45, 2.75) is 25.9 Å². The Kier molecular flexibility index (Phi) is 5.99. The van der Waals surface area contributed by atoms with Gasteiger partial charge < -0.3 is 20.5 Å². The average Bonchev–Trinajstić information content (AvgIpc) is 2.42. The molecule has 1 rings (SSSR count). The minimum atomic E-state index is -1.07. The second-order valence-corrected chi connectivity index (χ2v) is 4.46. The highest BCUT2D eigenvalue weighted by atomic mass is 16.5. The van der Waals surface area contributed by atoms with Gasteiger partial charge >= 0.3 is 5.97 Å². The quantitative estimate of drug-likeness (QED) is 0.691. The number of benzene rings is 1. The first-order valence-electron chi connectivity index (χ1n) is 6.32. The Bertz CT molecular complexity index is 476. The van der Waals surface area contributed by atoms with Crippen molar-refractivity contribution in [2.24, 2.45) is 0 Å². The summed E-state index contributed by atoms with van der Waals surface area (Å²) < 4.78 is 5.26. The van der Waals surface area contributed by atoms with Crippen molar-refractivity contribution >= 4 is 11.9 Å². The van der Waals surface area contributed by atoms with E-state index >= 15 is 0 Å². The van der Waals surface area contributed by atoms with Gasteiger partial charge in [-0.1, -0.05) is 18.2 Å². The van der Waals surface area contributed by atoms with Crippen LogP contribution in [0.5, 0.6) is 5.75 Å². The van der Waals surface area contributed by atoms with Crippen molar-refractivity contribution in [3.05, 3.63) is 29.8 Å². The average molecular weight is 280 g/mol. The molecule has 0 aliphatic carbocycles. The summed E-state index contributed by atoms with van der Waals surface area (Å²) in [5.41, 5.74) is 0.932. The normalized spacial score (nSPS) is 13.3. The van der Waals surface area contributed by atoms with E-state index in [2.05, 4.69) is 10.6 Å². The van der Waals surface area contributed by atoms with Crippen molar-refractivity contribution in [2.75, 3.05) is 13.7 Å². The maximum atomic E-state index is 11.0. The molecule has 0 aromatic heterocycles. The van der Waals surface area contributed by atoms with E-state index in [1.54, 1.807) is 7.11 Å². The van der Waals surface area contributed by atoms with E-state index in [0.29, 0.717) is 0 Å². The topological polar surface area (TPSA) is 87.7 Å². The molecule has 1 aromatic rings. The Hall–Kier alpha value is -2.08. The van der Waals surface area contributed by atoms with E-state index < -0.39 is 12.0 Å². The molecule has 110 valence electrons. The lowest BCUT2D eigenvalue weighted by Crippen LogP contribution is -2.46. The summed E-state index contributed by atoms with van der Waals surface area (Å²) in [6.45, 7) is 3.33. The number of hydrogen-bond acceptors (Lipinski definition) is 4. The van der Waals surface area contributed by atoms with Crippen LogP contribution in [0.1, 0.15) is 25.5 Å². The molecule has 0 aliphatic rings. The lowest BCUT2D eigenvalue weighted by Gasteiger charge is -2.20. The molecule has 0 heterocycles. The Balaban J connectivity index is 2.67. The summed E-state index contributed by atoms with van der Waals surface area (Å²) in [4.78, 5) is 22.0. The minimum Gasteiger partial charge on any atom is -0.496 e. The van der Waals surface area contributed by atoms with Gasteiger partial charge in [0.05, 0.1) is 7.11 Å². The number of para-hydroxylation sites is 1. The molecule has 2 atom stereocenters. The Morgan fingerprint density at radius 1 is 1.35 bits per heavy atom. The van der Waals surface area contributed by atoms with Crippen molar-refractivity contribution < 1.29 is 19.4 Å². The Morgan fingerprint density at radius 3 is 2.55 bits per heavy atom. The summed E-state index contributed by atoms with van der Waals surface area (Å²) in [6.07, 6.45) is 0. The number of hydrogen-bond donors (Lipinski definition) is 3. The van der Waals surface area contributed by atoms with Crippen LogP contribution in [0.2, 0.25) is 0 Å². The fourth-order valence-corrected chi connectivity index (χ4v) is 1.87. The van der Waals surface area contributed by atoms with Gasteiger partial charge in [0.25, 0.3) is 0 Å². The number of carboxylic acid groups (broad SMARTS) is 1. The van der Waals surface area contributed by atoms with Gasteiger partial charge in [0, 0.05) is 25.1 Å². The number of carboxylic acids is 1. The third-order valence-electron chi connectivity index (χ3n) is 2.91. The van der Waals surface area contributed by atoms with Gasteiger partial charge in [0.15, 0.2) is 0 Å². The Morgan fingerprint density at radius 2 is 2.00 bits per heavy atom. The van der Waals surface area contributed by atoms with Crippen LogP contribution in [0.4, 0.5) is 0 Å². The molecule has 1 unspecified atom stereocenters. The summed E-state index contributed by atoms with van der Waals surface area (Å²) >= 11 is 0. The van der Waals surface area contributed by atoms with Gasteiger partial charge in [-0.3, -0.25) is 4.79 Å². The van der Waals surface area contributed by atoms with Crippen LogP contribution in [-0.2, 0) is 9.59 Å². The summed E-state index contributed by atoms with van der Waals surface area (Å²) in [7, 11) is 1.59. The molecule has 0 saturated carbocycles. The molecule has 6 nitrogen and oxygen atoms in total. The molecule has 0 radical (unpaired) electrons.